The molecule has 0 fully saturated rings. The summed E-state index contributed by atoms with van der Waals surface area (Å²) in [5.74, 6) is -0.449. The fourth-order valence-corrected chi connectivity index (χ4v) is 5.55. The number of halogens is 1. The molecule has 0 heterocycles. The van der Waals surface area contributed by atoms with Crippen LogP contribution in [-0.4, -0.2) is 70.3 Å². The molecule has 160 valence electrons. The molecule has 0 atom stereocenters. The van der Waals surface area contributed by atoms with Gasteiger partial charge in [0.25, 0.3) is 5.91 Å². The minimum atomic E-state index is -3.80. The number of amides is 1. The van der Waals surface area contributed by atoms with Crippen LogP contribution in [0.4, 0.5) is 0 Å². The van der Waals surface area contributed by atoms with Gasteiger partial charge in [-0.15, -0.1) is 0 Å². The van der Waals surface area contributed by atoms with E-state index in [1.807, 2.05) is 0 Å². The van der Waals surface area contributed by atoms with E-state index < -0.39 is 26.0 Å². The monoisotopic (exact) mass is 453 g/mol. The molecule has 1 rings (SSSR count). The summed E-state index contributed by atoms with van der Waals surface area (Å²) in [6, 6.07) is 4.10. The second-order valence-electron chi connectivity index (χ2n) is 6.10. The highest BCUT2D eigenvalue weighted by Gasteiger charge is 2.25. The van der Waals surface area contributed by atoms with Crippen LogP contribution in [0.2, 0.25) is 5.02 Å². The molecular weight excluding hydrogens is 426 g/mol. The zero-order valence-corrected chi connectivity index (χ0v) is 19.0. The smallest absolute Gasteiger partial charge is 0.251 e. The summed E-state index contributed by atoms with van der Waals surface area (Å²) in [7, 11) is -7.07. The second-order valence-corrected chi connectivity index (χ2v) is 10.4. The van der Waals surface area contributed by atoms with Crippen LogP contribution in [-0.2, 0) is 20.0 Å². The van der Waals surface area contributed by atoms with Crippen molar-refractivity contribution in [2.24, 2.45) is 0 Å². The fourth-order valence-electron chi connectivity index (χ4n) is 2.66. The van der Waals surface area contributed by atoms with Crippen molar-refractivity contribution in [3.05, 3.63) is 28.8 Å². The van der Waals surface area contributed by atoms with Gasteiger partial charge in [-0.25, -0.2) is 21.1 Å². The SMILES string of the molecule is CCN(CCCNC(=O)c1ccc(Cl)c(S(=O)(=O)N(CC)CC)c1)S(C)(=O)=O. The Hall–Kier alpha value is -1.20. The van der Waals surface area contributed by atoms with Crippen LogP contribution < -0.4 is 5.32 Å². The minimum absolute atomic E-state index is 0.0511. The van der Waals surface area contributed by atoms with E-state index in [4.69, 9.17) is 11.6 Å². The quantitative estimate of drug-likeness (QED) is 0.514. The molecule has 0 saturated heterocycles. The summed E-state index contributed by atoms with van der Waals surface area (Å²) in [6.45, 7) is 6.67. The van der Waals surface area contributed by atoms with E-state index in [0.717, 1.165) is 6.26 Å². The number of benzene rings is 1. The lowest BCUT2D eigenvalue weighted by Crippen LogP contribution is -2.33. The number of rotatable bonds is 11. The Bertz CT molecular complexity index is 884. The van der Waals surface area contributed by atoms with Crippen molar-refractivity contribution in [1.82, 2.24) is 13.9 Å². The lowest BCUT2D eigenvalue weighted by molar-refractivity contribution is 0.0952. The van der Waals surface area contributed by atoms with Gasteiger partial charge in [-0.1, -0.05) is 32.4 Å². The van der Waals surface area contributed by atoms with Gasteiger partial charge in [0, 0.05) is 38.3 Å². The van der Waals surface area contributed by atoms with Gasteiger partial charge >= 0.3 is 0 Å². The molecular formula is C17H28ClN3O5S2. The summed E-state index contributed by atoms with van der Waals surface area (Å²) >= 11 is 6.06. The Labute approximate surface area is 173 Å². The number of nitrogens with one attached hydrogen (secondary N) is 1. The largest absolute Gasteiger partial charge is 0.352 e. The van der Waals surface area contributed by atoms with Gasteiger partial charge < -0.3 is 5.32 Å². The van der Waals surface area contributed by atoms with Crippen molar-refractivity contribution >= 4 is 37.6 Å². The molecule has 11 heteroatoms. The predicted molar refractivity (Wildman–Crippen MR) is 111 cm³/mol. The number of hydrogen-bond acceptors (Lipinski definition) is 5. The number of sulfonamides is 2. The lowest BCUT2D eigenvalue weighted by Gasteiger charge is -2.19. The molecule has 0 aliphatic carbocycles. The summed E-state index contributed by atoms with van der Waals surface area (Å²) < 4.78 is 51.1. The first-order valence-corrected chi connectivity index (χ1v) is 12.7. The number of carbonyl (C=O) groups is 1. The maximum Gasteiger partial charge on any atom is 0.251 e. The van der Waals surface area contributed by atoms with Crippen molar-refractivity contribution in [2.75, 3.05) is 39.0 Å². The Kier molecular flexibility index (Phi) is 9.35. The van der Waals surface area contributed by atoms with E-state index in [1.165, 1.54) is 26.8 Å². The topological polar surface area (TPSA) is 104 Å². The molecule has 0 saturated carbocycles. The van der Waals surface area contributed by atoms with Gasteiger partial charge in [0.2, 0.25) is 20.0 Å². The highest BCUT2D eigenvalue weighted by molar-refractivity contribution is 7.89. The average Bonchev–Trinajstić information content (AvgIpc) is 2.61. The Balaban J connectivity index is 2.86. The van der Waals surface area contributed by atoms with Crippen LogP contribution >= 0.6 is 11.6 Å². The Morgan fingerprint density at radius 3 is 2.11 bits per heavy atom. The normalized spacial score (nSPS) is 12.5. The predicted octanol–water partition coefficient (Wildman–Crippen LogP) is 1.77. The van der Waals surface area contributed by atoms with E-state index in [0.29, 0.717) is 26.1 Å². The lowest BCUT2D eigenvalue weighted by atomic mass is 10.2. The molecule has 0 spiro atoms. The van der Waals surface area contributed by atoms with Crippen molar-refractivity contribution in [3.8, 4) is 0 Å². The summed E-state index contributed by atoms with van der Waals surface area (Å²) in [5, 5.41) is 2.72. The molecule has 0 unspecified atom stereocenters. The molecule has 1 aromatic rings. The van der Waals surface area contributed by atoms with Crippen LogP contribution in [0.15, 0.2) is 23.1 Å². The van der Waals surface area contributed by atoms with E-state index in [-0.39, 0.29) is 28.6 Å². The number of carbonyl (C=O) groups excluding carboxylic acids is 1. The zero-order valence-electron chi connectivity index (χ0n) is 16.6. The van der Waals surface area contributed by atoms with Gasteiger partial charge in [-0.05, 0) is 24.6 Å². The highest BCUT2D eigenvalue weighted by Crippen LogP contribution is 2.25. The van der Waals surface area contributed by atoms with E-state index in [1.54, 1.807) is 20.8 Å². The van der Waals surface area contributed by atoms with Gasteiger partial charge in [0.05, 0.1) is 11.3 Å². The van der Waals surface area contributed by atoms with E-state index >= 15 is 0 Å². The molecule has 1 aromatic carbocycles. The van der Waals surface area contributed by atoms with Crippen LogP contribution in [0.3, 0.4) is 0 Å². The van der Waals surface area contributed by atoms with Crippen molar-refractivity contribution < 1.29 is 21.6 Å². The van der Waals surface area contributed by atoms with Crippen molar-refractivity contribution in [3.63, 3.8) is 0 Å². The van der Waals surface area contributed by atoms with Crippen LogP contribution in [0.25, 0.3) is 0 Å². The first kappa shape index (κ1) is 24.8. The maximum absolute atomic E-state index is 12.7. The average molecular weight is 454 g/mol. The zero-order chi connectivity index (χ0) is 21.5. The van der Waals surface area contributed by atoms with E-state index in [2.05, 4.69) is 5.32 Å². The summed E-state index contributed by atoms with van der Waals surface area (Å²) in [6.07, 6.45) is 1.57. The van der Waals surface area contributed by atoms with Gasteiger partial charge in [0.1, 0.15) is 4.90 Å². The third-order valence-corrected chi connectivity index (χ3v) is 8.12. The van der Waals surface area contributed by atoms with Gasteiger partial charge in [0.15, 0.2) is 0 Å². The van der Waals surface area contributed by atoms with Crippen LogP contribution in [0, 0.1) is 0 Å². The molecule has 1 N–H and O–H groups in total. The molecule has 0 bridgehead atoms. The third-order valence-electron chi connectivity index (χ3n) is 4.21. The Morgan fingerprint density at radius 2 is 1.61 bits per heavy atom. The van der Waals surface area contributed by atoms with Crippen LogP contribution in [0.1, 0.15) is 37.6 Å². The standard InChI is InChI=1S/C17H28ClN3O5S2/c1-5-20(6-2)28(25,26)16-13-14(9-10-15(16)18)17(22)19-11-8-12-21(7-3)27(4,23)24/h9-10,13H,5-8,11-12H2,1-4H3,(H,19,22). The van der Waals surface area contributed by atoms with Crippen molar-refractivity contribution in [2.45, 2.75) is 32.1 Å². The molecule has 8 nitrogen and oxygen atoms in total. The molecule has 1 amide bonds. The number of hydrogen-bond donors (Lipinski definition) is 1. The molecule has 0 aliphatic rings. The molecule has 0 aliphatic heterocycles. The molecule has 0 radical (unpaired) electrons. The fraction of sp³-hybridized carbons (Fsp3) is 0.588. The maximum atomic E-state index is 12.7. The minimum Gasteiger partial charge on any atom is -0.352 e. The second kappa shape index (κ2) is 10.5. The van der Waals surface area contributed by atoms with E-state index in [9.17, 15) is 21.6 Å². The third kappa shape index (κ3) is 6.41. The highest BCUT2D eigenvalue weighted by atomic mass is 35.5. The summed E-state index contributed by atoms with van der Waals surface area (Å²) in [4.78, 5) is 12.2. The van der Waals surface area contributed by atoms with Crippen molar-refractivity contribution in [1.29, 1.82) is 0 Å². The molecule has 0 aromatic heterocycles. The number of nitrogens with zero attached hydrogens (tertiary/aromatic N) is 2. The van der Waals surface area contributed by atoms with Crippen LogP contribution in [0.5, 0.6) is 0 Å². The molecule has 28 heavy (non-hydrogen) atoms. The Morgan fingerprint density at radius 1 is 1.04 bits per heavy atom. The van der Waals surface area contributed by atoms with Gasteiger partial charge in [-0.2, -0.15) is 4.31 Å². The first-order valence-electron chi connectivity index (χ1n) is 9.02. The first-order chi connectivity index (χ1) is 13.0. The summed E-state index contributed by atoms with van der Waals surface area (Å²) in [5.41, 5.74) is 0.172. The van der Waals surface area contributed by atoms with Gasteiger partial charge in [-0.3, -0.25) is 4.79 Å².